The molecule has 10 nitrogen and oxygen atoms in total. The summed E-state index contributed by atoms with van der Waals surface area (Å²) in [4.78, 5) is 24.7. The van der Waals surface area contributed by atoms with E-state index in [0.29, 0.717) is 28.3 Å². The number of hydroxylamine groups is 1. The summed E-state index contributed by atoms with van der Waals surface area (Å²) in [6, 6.07) is 23.6. The number of aliphatic hydroxyl groups is 1. The Kier molecular flexibility index (Phi) is 10.0. The van der Waals surface area contributed by atoms with Crippen molar-refractivity contribution in [3.05, 3.63) is 102 Å². The number of carbonyl (C=O) groups excluding carboxylic acids is 2. The molecule has 0 fully saturated rings. The molecule has 0 aromatic heterocycles. The number of carbonyl (C=O) groups is 2. The second kappa shape index (κ2) is 13.9. The van der Waals surface area contributed by atoms with Crippen LogP contribution in [0.2, 0.25) is 0 Å². The van der Waals surface area contributed by atoms with E-state index >= 15 is 0 Å². The maximum absolute atomic E-state index is 12.9. The van der Waals surface area contributed by atoms with Crippen LogP contribution >= 0.6 is 0 Å². The number of amides is 2. The third-order valence-corrected chi connectivity index (χ3v) is 4.93. The summed E-state index contributed by atoms with van der Waals surface area (Å²) in [5, 5.41) is 29.7. The summed E-state index contributed by atoms with van der Waals surface area (Å²) >= 11 is 0. The molecule has 0 spiro atoms. The topological polar surface area (TPSA) is 150 Å². The lowest BCUT2D eigenvalue weighted by atomic mass is 10.0. The van der Waals surface area contributed by atoms with Crippen molar-refractivity contribution >= 4 is 17.7 Å². The highest BCUT2D eigenvalue weighted by atomic mass is 16.6. The molecule has 3 aromatic carbocycles. The normalized spacial score (nSPS) is 12.1. The van der Waals surface area contributed by atoms with Crippen molar-refractivity contribution in [2.45, 2.75) is 12.2 Å². The van der Waals surface area contributed by atoms with Crippen molar-refractivity contribution in [1.29, 1.82) is 5.26 Å². The smallest absolute Gasteiger partial charge is 0.412 e. The molecule has 190 valence electrons. The zero-order chi connectivity index (χ0) is 26.5. The number of aliphatic hydroxyl groups excluding tert-OH is 1. The molecule has 0 aliphatic heterocycles. The van der Waals surface area contributed by atoms with E-state index in [0.717, 1.165) is 6.08 Å². The fourth-order valence-electron chi connectivity index (χ4n) is 3.28. The molecule has 3 rings (SSSR count). The van der Waals surface area contributed by atoms with Crippen LogP contribution in [0.4, 0.5) is 10.5 Å². The Labute approximate surface area is 213 Å². The number of hydrogen-bond acceptors (Lipinski definition) is 8. The van der Waals surface area contributed by atoms with Crippen LogP contribution in [0.15, 0.2) is 91.0 Å². The molecule has 0 aliphatic rings. The first-order chi connectivity index (χ1) is 18.0. The molecule has 0 heterocycles. The number of hydrogen-bond donors (Lipinski definition) is 4. The molecule has 0 unspecified atom stereocenters. The third kappa shape index (κ3) is 8.10. The SMILES string of the molecule is N#Cc1ccc(NC(=O)O[C@H](c2ccccc2OCCO)[C@@H](/C=C/C(=O)NO)Oc2ccccc2)cc1. The zero-order valence-corrected chi connectivity index (χ0v) is 19.6. The summed E-state index contributed by atoms with van der Waals surface area (Å²) in [7, 11) is 0. The van der Waals surface area contributed by atoms with Gasteiger partial charge in [0.1, 0.15) is 18.1 Å². The number of rotatable bonds is 11. The minimum atomic E-state index is -1.14. The lowest BCUT2D eigenvalue weighted by molar-refractivity contribution is -0.124. The van der Waals surface area contributed by atoms with Gasteiger partial charge in [-0.1, -0.05) is 36.4 Å². The Bertz CT molecular complexity index is 1240. The van der Waals surface area contributed by atoms with Crippen LogP contribution in [0, 0.1) is 11.3 Å². The lowest BCUT2D eigenvalue weighted by Crippen LogP contribution is -2.30. The van der Waals surface area contributed by atoms with Crippen molar-refractivity contribution < 1.29 is 34.1 Å². The lowest BCUT2D eigenvalue weighted by Gasteiger charge is -2.27. The van der Waals surface area contributed by atoms with E-state index in [1.54, 1.807) is 78.9 Å². The van der Waals surface area contributed by atoms with Crippen molar-refractivity contribution in [2.24, 2.45) is 0 Å². The first-order valence-corrected chi connectivity index (χ1v) is 11.2. The number of nitrogens with zero attached hydrogens (tertiary/aromatic N) is 1. The van der Waals surface area contributed by atoms with Crippen molar-refractivity contribution in [2.75, 3.05) is 18.5 Å². The van der Waals surface area contributed by atoms with Gasteiger partial charge >= 0.3 is 6.09 Å². The standard InChI is InChI=1S/C27H25N3O7/c28-18-19-10-12-20(13-11-19)29-27(33)37-26(22-8-4-5-9-23(22)35-17-16-31)24(14-15-25(32)30-34)36-21-6-2-1-3-7-21/h1-15,24,26,31,34H,16-17H2,(H,29,33)(H,30,32)/b15-14+/t24-,26-/m1/s1. The van der Waals surface area contributed by atoms with Gasteiger partial charge in [-0.25, -0.2) is 10.3 Å². The van der Waals surface area contributed by atoms with Gasteiger partial charge in [0.2, 0.25) is 0 Å². The predicted octanol–water partition coefficient (Wildman–Crippen LogP) is 3.73. The first-order valence-electron chi connectivity index (χ1n) is 11.2. The van der Waals surface area contributed by atoms with Crippen LogP contribution in [0.3, 0.4) is 0 Å². The number of para-hydroxylation sites is 2. The predicted molar refractivity (Wildman–Crippen MR) is 133 cm³/mol. The average molecular weight is 504 g/mol. The van der Waals surface area contributed by atoms with E-state index < -0.39 is 24.2 Å². The summed E-state index contributed by atoms with van der Waals surface area (Å²) in [6.07, 6.45) is -0.657. The quantitative estimate of drug-likeness (QED) is 0.176. The number of benzene rings is 3. The fourth-order valence-corrected chi connectivity index (χ4v) is 3.28. The molecule has 2 amide bonds. The monoisotopic (exact) mass is 503 g/mol. The molecule has 37 heavy (non-hydrogen) atoms. The minimum Gasteiger partial charge on any atom is -0.491 e. The Morgan fingerprint density at radius 2 is 1.70 bits per heavy atom. The summed E-state index contributed by atoms with van der Waals surface area (Å²) < 4.78 is 17.5. The van der Waals surface area contributed by atoms with E-state index in [1.165, 1.54) is 11.6 Å². The molecule has 0 saturated carbocycles. The number of anilines is 1. The van der Waals surface area contributed by atoms with E-state index in [9.17, 15) is 14.7 Å². The van der Waals surface area contributed by atoms with Gasteiger partial charge in [0.25, 0.3) is 5.91 Å². The van der Waals surface area contributed by atoms with Gasteiger partial charge in [-0.2, -0.15) is 5.26 Å². The second-order valence-electron chi connectivity index (χ2n) is 7.48. The molecule has 4 N–H and O–H groups in total. The van der Waals surface area contributed by atoms with Gasteiger partial charge in [0.15, 0.2) is 12.2 Å². The minimum absolute atomic E-state index is 0.00582. The van der Waals surface area contributed by atoms with E-state index in [2.05, 4.69) is 5.32 Å². The van der Waals surface area contributed by atoms with Crippen molar-refractivity contribution in [3.63, 3.8) is 0 Å². The van der Waals surface area contributed by atoms with Crippen LogP contribution in [0.25, 0.3) is 0 Å². The Morgan fingerprint density at radius 3 is 2.38 bits per heavy atom. The molecule has 0 saturated heterocycles. The van der Waals surface area contributed by atoms with Crippen LogP contribution in [-0.2, 0) is 9.53 Å². The summed E-state index contributed by atoms with van der Waals surface area (Å²) in [5.41, 5.74) is 2.73. The van der Waals surface area contributed by atoms with Crippen molar-refractivity contribution in [1.82, 2.24) is 5.48 Å². The second-order valence-corrected chi connectivity index (χ2v) is 7.48. The van der Waals surface area contributed by atoms with Gasteiger partial charge in [-0.05, 0) is 48.5 Å². The average Bonchev–Trinajstić information content (AvgIpc) is 2.94. The molecule has 2 atom stereocenters. The zero-order valence-electron chi connectivity index (χ0n) is 19.6. The van der Waals surface area contributed by atoms with E-state index in [-0.39, 0.29) is 13.2 Å². The van der Waals surface area contributed by atoms with Gasteiger partial charge < -0.3 is 19.3 Å². The highest BCUT2D eigenvalue weighted by molar-refractivity contribution is 5.86. The molecule has 0 aliphatic carbocycles. The third-order valence-electron chi connectivity index (χ3n) is 4.93. The maximum atomic E-state index is 12.9. The number of nitriles is 1. The largest absolute Gasteiger partial charge is 0.491 e. The summed E-state index contributed by atoms with van der Waals surface area (Å²) in [6.45, 7) is -0.242. The Hall–Kier alpha value is -4.85. The van der Waals surface area contributed by atoms with Crippen LogP contribution in [0.5, 0.6) is 11.5 Å². The number of nitrogens with one attached hydrogen (secondary N) is 2. The molecular weight excluding hydrogens is 478 g/mol. The number of ether oxygens (including phenoxy) is 3. The Morgan fingerprint density at radius 1 is 1.00 bits per heavy atom. The molecular formula is C27H25N3O7. The van der Waals surface area contributed by atoms with E-state index in [4.69, 9.17) is 24.7 Å². The van der Waals surface area contributed by atoms with Gasteiger partial charge in [0, 0.05) is 17.3 Å². The van der Waals surface area contributed by atoms with Gasteiger partial charge in [-0.3, -0.25) is 15.3 Å². The van der Waals surface area contributed by atoms with Crippen molar-refractivity contribution in [3.8, 4) is 17.6 Å². The van der Waals surface area contributed by atoms with Gasteiger partial charge in [0.05, 0.1) is 18.2 Å². The molecule has 0 radical (unpaired) electrons. The molecule has 10 heteroatoms. The van der Waals surface area contributed by atoms with E-state index in [1.807, 2.05) is 6.07 Å². The highest BCUT2D eigenvalue weighted by Gasteiger charge is 2.30. The van der Waals surface area contributed by atoms with Crippen LogP contribution in [-0.4, -0.2) is 41.6 Å². The fraction of sp³-hybridized carbons (Fsp3) is 0.148. The Balaban J connectivity index is 1.98. The summed E-state index contributed by atoms with van der Waals surface area (Å²) in [5.74, 6) is -0.0573. The first kappa shape index (κ1) is 26.7. The maximum Gasteiger partial charge on any atom is 0.412 e. The highest BCUT2D eigenvalue weighted by Crippen LogP contribution is 2.33. The van der Waals surface area contributed by atoms with Crippen LogP contribution in [0.1, 0.15) is 17.2 Å². The van der Waals surface area contributed by atoms with Crippen LogP contribution < -0.4 is 20.3 Å². The van der Waals surface area contributed by atoms with Gasteiger partial charge in [-0.15, -0.1) is 0 Å². The molecule has 3 aromatic rings. The molecule has 0 bridgehead atoms.